The summed E-state index contributed by atoms with van der Waals surface area (Å²) >= 11 is 0. The van der Waals surface area contributed by atoms with Gasteiger partial charge in [0.2, 0.25) is 0 Å². The van der Waals surface area contributed by atoms with E-state index in [1.54, 1.807) is 0 Å². The van der Waals surface area contributed by atoms with E-state index in [9.17, 15) is 0 Å². The molecule has 0 saturated carbocycles. The number of nitrogens with zero attached hydrogens (tertiary/aromatic N) is 2. The fourth-order valence-electron chi connectivity index (χ4n) is 12.5. The van der Waals surface area contributed by atoms with Crippen molar-refractivity contribution in [2.45, 2.75) is 98.8 Å². The fourth-order valence-corrected chi connectivity index (χ4v) is 12.5. The Balaban J connectivity index is 0.980. The molecule has 2 nitrogen and oxygen atoms in total. The minimum absolute atomic E-state index is 1.04. The average molecular weight is 1080 g/mol. The highest BCUT2D eigenvalue weighted by molar-refractivity contribution is 6.10. The van der Waals surface area contributed by atoms with Gasteiger partial charge in [0, 0.05) is 33.4 Å². The molecule has 0 saturated heterocycles. The maximum Gasteiger partial charge on any atom is 0.0541 e. The number of fused-ring (bicyclic) bond motifs is 3. The number of benzene rings is 11. The van der Waals surface area contributed by atoms with Crippen LogP contribution in [0.5, 0.6) is 0 Å². The van der Waals surface area contributed by atoms with E-state index in [1.807, 2.05) is 0 Å². The van der Waals surface area contributed by atoms with Gasteiger partial charge in [-0.1, -0.05) is 245 Å². The summed E-state index contributed by atoms with van der Waals surface area (Å²) < 4.78 is 2.46. The predicted molar refractivity (Wildman–Crippen MR) is 358 cm³/mol. The van der Waals surface area contributed by atoms with E-state index in [4.69, 9.17) is 0 Å². The second-order valence-electron chi connectivity index (χ2n) is 23.0. The largest absolute Gasteiger partial charge is 0.310 e. The highest BCUT2D eigenvalue weighted by atomic mass is 15.1. The van der Waals surface area contributed by atoms with Crippen LogP contribution in [0.4, 0.5) is 17.1 Å². The van der Waals surface area contributed by atoms with Crippen LogP contribution in [0, 0.1) is 20.8 Å². The lowest BCUT2D eigenvalue weighted by Gasteiger charge is -2.29. The molecule has 0 aliphatic rings. The van der Waals surface area contributed by atoms with Gasteiger partial charge in [0.15, 0.2) is 0 Å². The van der Waals surface area contributed by atoms with Gasteiger partial charge < -0.3 is 9.47 Å². The number of aromatic nitrogens is 1. The third kappa shape index (κ3) is 11.8. The molecular formula is C81H76N2. The Morgan fingerprint density at radius 3 is 1.42 bits per heavy atom. The van der Waals surface area contributed by atoms with Gasteiger partial charge in [-0.25, -0.2) is 0 Å². The van der Waals surface area contributed by atoms with E-state index in [-0.39, 0.29) is 0 Å². The van der Waals surface area contributed by atoms with Crippen molar-refractivity contribution in [1.29, 1.82) is 0 Å². The predicted octanol–water partition coefficient (Wildman–Crippen LogP) is 23.4. The fraction of sp³-hybridized carbons (Fsp3) is 0.185. The number of hydrogen-bond acceptors (Lipinski definition) is 1. The molecule has 0 bridgehead atoms. The summed E-state index contributed by atoms with van der Waals surface area (Å²) in [4.78, 5) is 2.48. The summed E-state index contributed by atoms with van der Waals surface area (Å²) in [5, 5.41) is 2.57. The van der Waals surface area contributed by atoms with Crippen molar-refractivity contribution in [3.8, 4) is 72.4 Å². The van der Waals surface area contributed by atoms with Gasteiger partial charge in [-0.3, -0.25) is 0 Å². The first-order valence-electron chi connectivity index (χ1n) is 30.5. The van der Waals surface area contributed by atoms with Gasteiger partial charge >= 0.3 is 0 Å². The lowest BCUT2D eigenvalue weighted by atomic mass is 9.85. The van der Waals surface area contributed by atoms with Crippen LogP contribution in [-0.2, 0) is 12.8 Å². The first kappa shape index (κ1) is 54.6. The summed E-state index contributed by atoms with van der Waals surface area (Å²) in [5.74, 6) is 0. The van der Waals surface area contributed by atoms with E-state index < -0.39 is 0 Å². The number of unbranched alkanes of at least 4 members (excludes halogenated alkanes) is 6. The second kappa shape index (κ2) is 25.0. The minimum atomic E-state index is 1.04. The van der Waals surface area contributed by atoms with Crippen LogP contribution in [0.15, 0.2) is 249 Å². The molecule has 0 fully saturated rings. The lowest BCUT2D eigenvalue weighted by Crippen LogP contribution is -2.12. The molecule has 0 atom stereocenters. The van der Waals surface area contributed by atoms with Crippen LogP contribution in [0.2, 0.25) is 0 Å². The minimum Gasteiger partial charge on any atom is -0.310 e. The summed E-state index contributed by atoms with van der Waals surface area (Å²) in [6, 6.07) is 93.4. The van der Waals surface area contributed by atoms with Gasteiger partial charge in [0.25, 0.3) is 0 Å². The van der Waals surface area contributed by atoms with E-state index in [0.717, 1.165) is 36.3 Å². The maximum atomic E-state index is 2.61. The maximum absolute atomic E-state index is 2.61. The summed E-state index contributed by atoms with van der Waals surface area (Å²) in [6.45, 7) is 11.3. The zero-order chi connectivity index (χ0) is 56.7. The van der Waals surface area contributed by atoms with Crippen LogP contribution >= 0.6 is 0 Å². The van der Waals surface area contributed by atoms with Crippen LogP contribution in [0.25, 0.3) is 94.3 Å². The Kier molecular flexibility index (Phi) is 16.5. The van der Waals surface area contributed by atoms with Crippen molar-refractivity contribution < 1.29 is 0 Å². The summed E-state index contributed by atoms with van der Waals surface area (Å²) in [5.41, 5.74) is 28.7. The van der Waals surface area contributed by atoms with Crippen molar-refractivity contribution >= 4 is 38.9 Å². The normalized spacial score (nSPS) is 11.4. The van der Waals surface area contributed by atoms with E-state index >= 15 is 0 Å². The third-order valence-electron chi connectivity index (χ3n) is 17.1. The highest BCUT2D eigenvalue weighted by Crippen LogP contribution is 2.46. The molecular weight excluding hydrogens is 1000 g/mol. The molecule has 0 aliphatic carbocycles. The first-order valence-corrected chi connectivity index (χ1v) is 30.5. The highest BCUT2D eigenvalue weighted by Gasteiger charge is 2.22. The average Bonchev–Trinajstić information content (AvgIpc) is 2.90. The molecule has 0 amide bonds. The van der Waals surface area contributed by atoms with Crippen molar-refractivity contribution in [3.05, 3.63) is 277 Å². The standard InChI is InChI=1S/C81H76N2/c1-6-8-10-14-26-67-55-76(68(27-15-11-9-7-2)54-75(67)69-43-51-81-78(56-69)74-28-20-21-29-79(74)83(81)71-46-40-64(41-47-71)62-36-32-58(4)33-37-62)73-49-48-72(52-59(73)5)82(70-44-38-63(39-45-70)61-34-30-57(3)31-35-61)80-50-42-66(60-22-16-12-17-23-60)53-77(80)65-24-18-13-19-25-65/h12-13,16-25,28-56H,6-11,14-15,26-27H2,1-5H3. The second-order valence-corrected chi connectivity index (χ2v) is 23.0. The first-order chi connectivity index (χ1) is 40.8. The monoisotopic (exact) mass is 1080 g/mol. The Hall–Kier alpha value is -8.98. The smallest absolute Gasteiger partial charge is 0.0541 e. The number of aryl methyl sites for hydroxylation is 5. The van der Waals surface area contributed by atoms with Crippen LogP contribution in [0.1, 0.15) is 93.0 Å². The third-order valence-corrected chi connectivity index (χ3v) is 17.1. The molecule has 12 rings (SSSR count). The molecule has 1 aromatic heterocycles. The van der Waals surface area contributed by atoms with Gasteiger partial charge in [0.05, 0.1) is 16.7 Å². The zero-order valence-electron chi connectivity index (χ0n) is 49.1. The van der Waals surface area contributed by atoms with Crippen LogP contribution in [0.3, 0.4) is 0 Å². The molecule has 83 heavy (non-hydrogen) atoms. The molecule has 0 N–H and O–H groups in total. The SMILES string of the molecule is CCCCCCc1cc(-c2ccc(N(c3ccc(-c4ccc(C)cc4)cc3)c3ccc(-c4ccccc4)cc3-c3ccccc3)cc2C)c(CCCCCC)cc1-c1ccc2c(c1)c1ccccc1n2-c1ccc(-c2ccc(C)cc2)cc1. The molecule has 1 heterocycles. The number of hydrogen-bond donors (Lipinski definition) is 0. The molecule has 12 aromatic rings. The topological polar surface area (TPSA) is 8.17 Å². The lowest BCUT2D eigenvalue weighted by molar-refractivity contribution is 0.664. The van der Waals surface area contributed by atoms with E-state index in [0.29, 0.717) is 0 Å². The molecule has 0 radical (unpaired) electrons. The number of anilines is 3. The Morgan fingerprint density at radius 1 is 0.313 bits per heavy atom. The van der Waals surface area contributed by atoms with Gasteiger partial charge in [0.1, 0.15) is 0 Å². The zero-order valence-corrected chi connectivity index (χ0v) is 49.1. The molecule has 0 spiro atoms. The van der Waals surface area contributed by atoms with Crippen molar-refractivity contribution in [2.24, 2.45) is 0 Å². The van der Waals surface area contributed by atoms with Gasteiger partial charge in [-0.2, -0.15) is 0 Å². The quantitative estimate of drug-likeness (QED) is 0.0691. The van der Waals surface area contributed by atoms with Crippen molar-refractivity contribution in [2.75, 3.05) is 4.90 Å². The van der Waals surface area contributed by atoms with Gasteiger partial charge in [-0.15, -0.1) is 0 Å². The van der Waals surface area contributed by atoms with E-state index in [2.05, 4.69) is 293 Å². The molecule has 11 aromatic carbocycles. The molecule has 0 aliphatic heterocycles. The number of rotatable bonds is 20. The Morgan fingerprint density at radius 2 is 0.807 bits per heavy atom. The van der Waals surface area contributed by atoms with E-state index in [1.165, 1.54) is 167 Å². The molecule has 0 unspecified atom stereocenters. The summed E-state index contributed by atoms with van der Waals surface area (Å²) in [7, 11) is 0. The van der Waals surface area contributed by atoms with Gasteiger partial charge in [-0.05, 0) is 191 Å². The molecule has 410 valence electrons. The van der Waals surface area contributed by atoms with Crippen molar-refractivity contribution in [1.82, 2.24) is 4.57 Å². The van der Waals surface area contributed by atoms with Crippen LogP contribution in [-0.4, -0.2) is 4.57 Å². The summed E-state index contributed by atoms with van der Waals surface area (Å²) in [6.07, 6.45) is 11.8. The van der Waals surface area contributed by atoms with Crippen LogP contribution < -0.4 is 4.90 Å². The molecule has 2 heteroatoms. The van der Waals surface area contributed by atoms with Crippen molar-refractivity contribution in [3.63, 3.8) is 0 Å². The Bertz CT molecular complexity index is 4150. The number of para-hydroxylation sites is 1. The Labute approximate surface area is 493 Å².